The number of nitrogens with one attached hydrogen (secondary N) is 1. The van der Waals surface area contributed by atoms with Crippen molar-refractivity contribution in [2.45, 2.75) is 53.8 Å². The van der Waals surface area contributed by atoms with E-state index in [-0.39, 0.29) is 17.5 Å². The Balaban J connectivity index is 2.24. The van der Waals surface area contributed by atoms with Crippen molar-refractivity contribution < 1.29 is 18.0 Å². The van der Waals surface area contributed by atoms with Gasteiger partial charge in [0.05, 0.1) is 0 Å². The summed E-state index contributed by atoms with van der Waals surface area (Å²) in [6.45, 7) is 12.5. The number of halogens is 3. The van der Waals surface area contributed by atoms with Gasteiger partial charge in [0.2, 0.25) is 0 Å². The fraction of sp³-hybridized carbons (Fsp3) is 0.714. The molecule has 29 heavy (non-hydrogen) atoms. The van der Waals surface area contributed by atoms with E-state index in [1.54, 1.807) is 0 Å². The minimum atomic E-state index is -4.66. The van der Waals surface area contributed by atoms with Crippen molar-refractivity contribution >= 4 is 5.91 Å². The average Bonchev–Trinajstić information content (AvgIpc) is 2.84. The smallest absolute Gasteiger partial charge is 0.352 e. The summed E-state index contributed by atoms with van der Waals surface area (Å²) in [6, 6.07) is 1.81. The monoisotopic (exact) mass is 415 g/mol. The third kappa shape index (κ3) is 5.84. The first kappa shape index (κ1) is 23.4. The summed E-state index contributed by atoms with van der Waals surface area (Å²) < 4.78 is 41.1. The van der Waals surface area contributed by atoms with Crippen LogP contribution in [0.2, 0.25) is 0 Å². The second-order valence-corrected chi connectivity index (χ2v) is 9.15. The zero-order chi connectivity index (χ0) is 22.0. The van der Waals surface area contributed by atoms with Crippen LogP contribution in [-0.4, -0.2) is 41.6 Å². The van der Waals surface area contributed by atoms with E-state index in [2.05, 4.69) is 31.0 Å². The predicted molar refractivity (Wildman–Crippen MR) is 107 cm³/mol. The maximum absolute atomic E-state index is 13.5. The van der Waals surface area contributed by atoms with E-state index in [4.69, 9.17) is 0 Å². The zero-order valence-corrected chi connectivity index (χ0v) is 17.9. The standard InChI is InChI=1S/C21H32F3N3O2/c1-14(2)8-9-25-18(28)16-6-7-17(21(22,23)24)27(19(16)29)11-10-26-12-15(3)20(4,5)13-26/h6-7,14-15H,8-13H2,1-5H3,(H,25,28). The first-order valence-corrected chi connectivity index (χ1v) is 10.1. The van der Waals surface area contributed by atoms with Crippen molar-refractivity contribution in [2.24, 2.45) is 17.3 Å². The molecule has 1 amide bonds. The van der Waals surface area contributed by atoms with Crippen molar-refractivity contribution in [1.82, 2.24) is 14.8 Å². The van der Waals surface area contributed by atoms with Crippen LogP contribution in [0.5, 0.6) is 0 Å². The topological polar surface area (TPSA) is 54.3 Å². The molecule has 1 saturated heterocycles. The number of pyridine rings is 1. The molecule has 0 radical (unpaired) electrons. The largest absolute Gasteiger partial charge is 0.431 e. The van der Waals surface area contributed by atoms with Crippen LogP contribution in [-0.2, 0) is 12.7 Å². The molecule has 5 nitrogen and oxygen atoms in total. The number of hydrogen-bond acceptors (Lipinski definition) is 3. The molecule has 1 fully saturated rings. The van der Waals surface area contributed by atoms with Crippen LogP contribution >= 0.6 is 0 Å². The molecule has 1 N–H and O–H groups in total. The molecular formula is C21H32F3N3O2. The fourth-order valence-electron chi connectivity index (χ4n) is 3.63. The Morgan fingerprint density at radius 2 is 1.93 bits per heavy atom. The number of rotatable bonds is 7. The lowest BCUT2D eigenvalue weighted by Crippen LogP contribution is -2.38. The quantitative estimate of drug-likeness (QED) is 0.740. The van der Waals surface area contributed by atoms with Gasteiger partial charge in [0, 0.05) is 32.7 Å². The Labute approximate surface area is 170 Å². The Hall–Kier alpha value is -1.83. The van der Waals surface area contributed by atoms with Crippen LogP contribution in [0.25, 0.3) is 0 Å². The van der Waals surface area contributed by atoms with Crippen LogP contribution in [0, 0.1) is 17.3 Å². The van der Waals surface area contributed by atoms with Crippen LogP contribution in [0.3, 0.4) is 0 Å². The summed E-state index contributed by atoms with van der Waals surface area (Å²) in [6.07, 6.45) is -3.94. The summed E-state index contributed by atoms with van der Waals surface area (Å²) in [7, 11) is 0. The molecule has 1 atom stereocenters. The van der Waals surface area contributed by atoms with E-state index in [0.717, 1.165) is 31.6 Å². The number of aromatic nitrogens is 1. The second kappa shape index (κ2) is 8.90. The fourth-order valence-corrected chi connectivity index (χ4v) is 3.63. The Morgan fingerprint density at radius 3 is 2.45 bits per heavy atom. The second-order valence-electron chi connectivity index (χ2n) is 9.15. The average molecular weight is 416 g/mol. The van der Waals surface area contributed by atoms with Crippen molar-refractivity contribution in [2.75, 3.05) is 26.2 Å². The van der Waals surface area contributed by atoms with Gasteiger partial charge in [-0.15, -0.1) is 0 Å². The van der Waals surface area contributed by atoms with Crippen LogP contribution in [0.1, 0.15) is 57.1 Å². The summed E-state index contributed by atoms with van der Waals surface area (Å²) in [4.78, 5) is 27.2. The molecule has 1 aromatic heterocycles. The normalized spacial score (nSPS) is 19.7. The predicted octanol–water partition coefficient (Wildman–Crippen LogP) is 3.62. The first-order valence-electron chi connectivity index (χ1n) is 10.1. The molecule has 1 aliphatic heterocycles. The Kier molecular flexibility index (Phi) is 7.19. The highest BCUT2D eigenvalue weighted by Gasteiger charge is 2.38. The molecule has 0 bridgehead atoms. The Bertz CT molecular complexity index is 784. The zero-order valence-electron chi connectivity index (χ0n) is 17.9. The van der Waals surface area contributed by atoms with Crippen LogP contribution < -0.4 is 10.9 Å². The van der Waals surface area contributed by atoms with Crippen molar-refractivity contribution in [3.05, 3.63) is 33.7 Å². The van der Waals surface area contributed by atoms with Crippen LogP contribution in [0.4, 0.5) is 13.2 Å². The molecule has 0 aliphatic carbocycles. The van der Waals surface area contributed by atoms with Gasteiger partial charge in [-0.05, 0) is 35.8 Å². The molecule has 1 aliphatic rings. The van der Waals surface area contributed by atoms with Gasteiger partial charge in [0.1, 0.15) is 11.3 Å². The highest BCUT2D eigenvalue weighted by molar-refractivity contribution is 5.93. The van der Waals surface area contributed by atoms with E-state index in [1.807, 2.05) is 13.8 Å². The molecule has 0 aromatic carbocycles. The van der Waals surface area contributed by atoms with Gasteiger partial charge in [-0.3, -0.25) is 9.59 Å². The maximum Gasteiger partial charge on any atom is 0.431 e. The molecule has 0 saturated carbocycles. The lowest BCUT2D eigenvalue weighted by atomic mass is 9.84. The molecule has 2 heterocycles. The summed E-state index contributed by atoms with van der Waals surface area (Å²) >= 11 is 0. The molecule has 8 heteroatoms. The molecule has 1 aromatic rings. The van der Waals surface area contributed by atoms with E-state index in [0.29, 0.717) is 29.5 Å². The Morgan fingerprint density at radius 1 is 1.28 bits per heavy atom. The van der Waals surface area contributed by atoms with Gasteiger partial charge in [-0.2, -0.15) is 13.2 Å². The number of likely N-dealkylation sites (tertiary alicyclic amines) is 1. The van der Waals surface area contributed by atoms with Gasteiger partial charge in [-0.25, -0.2) is 0 Å². The number of amides is 1. The highest BCUT2D eigenvalue weighted by Crippen LogP contribution is 2.34. The van der Waals surface area contributed by atoms with Gasteiger partial charge >= 0.3 is 6.18 Å². The number of nitrogens with zero attached hydrogens (tertiary/aromatic N) is 2. The number of carbonyl (C=O) groups is 1. The summed E-state index contributed by atoms with van der Waals surface area (Å²) in [5.41, 5.74) is -2.09. The number of carbonyl (C=O) groups excluding carboxylic acids is 1. The highest BCUT2D eigenvalue weighted by atomic mass is 19.4. The molecule has 0 spiro atoms. The first-order chi connectivity index (χ1) is 13.3. The minimum absolute atomic E-state index is 0.0793. The SMILES string of the molecule is CC(C)CCNC(=O)c1ccc(C(F)(F)F)n(CCN2CC(C)C(C)(C)C2)c1=O. The summed E-state index contributed by atoms with van der Waals surface area (Å²) in [5, 5.41) is 2.63. The summed E-state index contributed by atoms with van der Waals surface area (Å²) in [5.74, 6) is 0.153. The van der Waals surface area contributed by atoms with Gasteiger partial charge in [-0.1, -0.05) is 34.6 Å². The lowest BCUT2D eigenvalue weighted by molar-refractivity contribution is -0.144. The van der Waals surface area contributed by atoms with E-state index < -0.39 is 23.3 Å². The van der Waals surface area contributed by atoms with Crippen molar-refractivity contribution in [1.29, 1.82) is 0 Å². The molecular weight excluding hydrogens is 383 g/mol. The third-order valence-corrected chi connectivity index (χ3v) is 5.85. The molecule has 164 valence electrons. The lowest BCUT2D eigenvalue weighted by Gasteiger charge is -2.23. The number of hydrogen-bond donors (Lipinski definition) is 1. The van der Waals surface area contributed by atoms with E-state index in [9.17, 15) is 22.8 Å². The van der Waals surface area contributed by atoms with Crippen molar-refractivity contribution in [3.8, 4) is 0 Å². The van der Waals surface area contributed by atoms with E-state index in [1.165, 1.54) is 0 Å². The number of alkyl halides is 3. The molecule has 2 rings (SSSR count). The van der Waals surface area contributed by atoms with Gasteiger partial charge < -0.3 is 14.8 Å². The van der Waals surface area contributed by atoms with Crippen molar-refractivity contribution in [3.63, 3.8) is 0 Å². The molecule has 1 unspecified atom stereocenters. The van der Waals surface area contributed by atoms with E-state index >= 15 is 0 Å². The van der Waals surface area contributed by atoms with Crippen LogP contribution in [0.15, 0.2) is 16.9 Å². The van der Waals surface area contributed by atoms with Gasteiger partial charge in [0.25, 0.3) is 11.5 Å². The maximum atomic E-state index is 13.5. The third-order valence-electron chi connectivity index (χ3n) is 5.85. The minimum Gasteiger partial charge on any atom is -0.352 e. The van der Waals surface area contributed by atoms with Gasteiger partial charge in [0.15, 0.2) is 0 Å².